The lowest BCUT2D eigenvalue weighted by Crippen LogP contribution is -2.25. The molecule has 9 heteroatoms. The molecule has 5 nitrogen and oxygen atoms in total. The zero-order valence-electron chi connectivity index (χ0n) is 10.00. The van der Waals surface area contributed by atoms with E-state index < -0.39 is 31.8 Å². The van der Waals surface area contributed by atoms with Crippen molar-refractivity contribution in [3.05, 3.63) is 17.7 Å². The number of amides is 1. The molecule has 0 heterocycles. The Kier molecular flexibility index (Phi) is 3.80. The molecule has 0 aliphatic carbocycles. The second kappa shape index (κ2) is 4.72. The number of anilines is 2. The van der Waals surface area contributed by atoms with Gasteiger partial charge in [-0.15, -0.1) is 0 Å². The highest BCUT2D eigenvalue weighted by molar-refractivity contribution is 7.92. The first kappa shape index (κ1) is 15.3. The molecular formula is C10H11F3N2O3S. The molecule has 0 aromatic heterocycles. The van der Waals surface area contributed by atoms with Crippen LogP contribution in [0.15, 0.2) is 17.0 Å². The number of carbonyl (C=O) groups excluding carboxylic acids is 1. The van der Waals surface area contributed by atoms with E-state index in [1.54, 1.807) is 0 Å². The molecule has 1 aromatic rings. The van der Waals surface area contributed by atoms with E-state index in [-0.39, 0.29) is 11.3 Å². The van der Waals surface area contributed by atoms with E-state index >= 15 is 0 Å². The average molecular weight is 296 g/mol. The van der Waals surface area contributed by atoms with Crippen LogP contribution in [0.25, 0.3) is 0 Å². The van der Waals surface area contributed by atoms with Crippen molar-refractivity contribution in [1.82, 2.24) is 0 Å². The minimum absolute atomic E-state index is 0.0740. The molecule has 0 saturated heterocycles. The van der Waals surface area contributed by atoms with Gasteiger partial charge in [0.05, 0.1) is 5.69 Å². The van der Waals surface area contributed by atoms with Crippen molar-refractivity contribution in [1.29, 1.82) is 0 Å². The van der Waals surface area contributed by atoms with Crippen molar-refractivity contribution in [2.75, 3.05) is 11.1 Å². The van der Waals surface area contributed by atoms with Crippen LogP contribution in [-0.4, -0.2) is 19.8 Å². The van der Waals surface area contributed by atoms with Crippen LogP contribution < -0.4 is 11.1 Å². The number of carbonyl (C=O) groups is 1. The third kappa shape index (κ3) is 2.98. The summed E-state index contributed by atoms with van der Waals surface area (Å²) in [7, 11) is -5.56. The largest absolute Gasteiger partial charge is 0.501 e. The van der Waals surface area contributed by atoms with E-state index in [0.29, 0.717) is 0 Å². The number of benzene rings is 1. The van der Waals surface area contributed by atoms with E-state index in [1.807, 2.05) is 5.32 Å². The van der Waals surface area contributed by atoms with Crippen LogP contribution in [0.5, 0.6) is 0 Å². The fraction of sp³-hybridized carbons (Fsp3) is 0.300. The number of hydrogen-bond donors (Lipinski definition) is 2. The Labute approximate surface area is 107 Å². The van der Waals surface area contributed by atoms with Gasteiger partial charge >= 0.3 is 5.51 Å². The van der Waals surface area contributed by atoms with Crippen LogP contribution in [0.2, 0.25) is 0 Å². The molecule has 1 rings (SSSR count). The zero-order chi connectivity index (χ0) is 15.0. The van der Waals surface area contributed by atoms with Gasteiger partial charge in [-0.3, -0.25) is 4.79 Å². The van der Waals surface area contributed by atoms with Crippen molar-refractivity contribution in [2.24, 2.45) is 0 Å². The number of nitrogens with one attached hydrogen (secondary N) is 1. The van der Waals surface area contributed by atoms with Gasteiger partial charge in [0.25, 0.3) is 9.84 Å². The number of nitrogen functional groups attached to an aromatic ring is 1. The van der Waals surface area contributed by atoms with Crippen LogP contribution in [0.4, 0.5) is 24.5 Å². The predicted molar refractivity (Wildman–Crippen MR) is 63.1 cm³/mol. The Morgan fingerprint density at radius 1 is 1.32 bits per heavy atom. The molecule has 0 saturated carbocycles. The molecule has 0 unspecified atom stereocenters. The summed E-state index contributed by atoms with van der Waals surface area (Å²) in [4.78, 5) is 9.88. The first-order valence-electron chi connectivity index (χ1n) is 4.96. The van der Waals surface area contributed by atoms with Crippen molar-refractivity contribution < 1.29 is 26.4 Å². The Balaban J connectivity index is 3.58. The summed E-state index contributed by atoms with van der Waals surface area (Å²) >= 11 is 0. The van der Waals surface area contributed by atoms with Gasteiger partial charge in [0, 0.05) is 12.6 Å². The average Bonchev–Trinajstić information content (AvgIpc) is 2.20. The highest BCUT2D eigenvalue weighted by atomic mass is 32.2. The van der Waals surface area contributed by atoms with E-state index in [4.69, 9.17) is 5.73 Å². The predicted octanol–water partition coefficient (Wildman–Crippen LogP) is 1.83. The number of alkyl halides is 3. The second-order valence-corrected chi connectivity index (χ2v) is 5.74. The quantitative estimate of drug-likeness (QED) is 0.815. The topological polar surface area (TPSA) is 89.3 Å². The number of aryl methyl sites for hydroxylation is 1. The second-order valence-electron chi connectivity index (χ2n) is 3.84. The molecule has 0 aliphatic heterocycles. The maximum atomic E-state index is 12.5. The van der Waals surface area contributed by atoms with Gasteiger partial charge in [0.15, 0.2) is 0 Å². The van der Waals surface area contributed by atoms with Crippen LogP contribution in [0, 0.1) is 6.92 Å². The van der Waals surface area contributed by atoms with E-state index in [1.165, 1.54) is 6.92 Å². The molecule has 0 fully saturated rings. The molecule has 0 radical (unpaired) electrons. The van der Waals surface area contributed by atoms with Crippen molar-refractivity contribution in [2.45, 2.75) is 24.3 Å². The summed E-state index contributed by atoms with van der Waals surface area (Å²) in [6.45, 7) is 2.41. The van der Waals surface area contributed by atoms with Gasteiger partial charge in [0.2, 0.25) is 5.91 Å². The summed E-state index contributed by atoms with van der Waals surface area (Å²) < 4.78 is 60.4. The zero-order valence-corrected chi connectivity index (χ0v) is 10.8. The number of halogens is 3. The Morgan fingerprint density at radius 2 is 1.84 bits per heavy atom. The van der Waals surface area contributed by atoms with Crippen LogP contribution in [0.3, 0.4) is 0 Å². The van der Waals surface area contributed by atoms with Crippen molar-refractivity contribution in [3.8, 4) is 0 Å². The fourth-order valence-corrected chi connectivity index (χ4v) is 2.31. The van der Waals surface area contributed by atoms with Gasteiger partial charge in [-0.05, 0) is 24.6 Å². The van der Waals surface area contributed by atoms with Gasteiger partial charge in [-0.1, -0.05) is 0 Å². The van der Waals surface area contributed by atoms with E-state index in [2.05, 4.69) is 0 Å². The molecular weight excluding hydrogens is 285 g/mol. The minimum Gasteiger partial charge on any atom is -0.398 e. The summed E-state index contributed by atoms with van der Waals surface area (Å²) in [6, 6.07) is 1.76. The number of rotatable bonds is 2. The number of nitrogens with two attached hydrogens (primary N) is 1. The molecule has 0 aliphatic rings. The number of sulfone groups is 1. The number of hydrogen-bond acceptors (Lipinski definition) is 4. The third-order valence-corrected chi connectivity index (χ3v) is 3.80. The maximum Gasteiger partial charge on any atom is 0.501 e. The normalized spacial score (nSPS) is 12.3. The molecule has 1 amide bonds. The Bertz CT molecular complexity index is 624. The summed E-state index contributed by atoms with van der Waals surface area (Å²) in [5.41, 5.74) is -0.220. The Hall–Kier alpha value is -1.77. The van der Waals surface area contributed by atoms with Crippen molar-refractivity contribution >= 4 is 27.1 Å². The van der Waals surface area contributed by atoms with Gasteiger partial charge in [0.1, 0.15) is 4.90 Å². The van der Waals surface area contributed by atoms with Crippen LogP contribution >= 0.6 is 0 Å². The summed E-state index contributed by atoms with van der Waals surface area (Å²) in [5, 5.41) is 2.02. The van der Waals surface area contributed by atoms with Gasteiger partial charge in [-0.25, -0.2) is 8.42 Å². The summed E-state index contributed by atoms with van der Waals surface area (Å²) in [5.74, 6) is -0.707. The lowest BCUT2D eigenvalue weighted by molar-refractivity contribution is -0.114. The van der Waals surface area contributed by atoms with Crippen LogP contribution in [0.1, 0.15) is 12.5 Å². The molecule has 1 aromatic carbocycles. The molecule has 0 spiro atoms. The third-order valence-electron chi connectivity index (χ3n) is 2.27. The lowest BCUT2D eigenvalue weighted by Gasteiger charge is -2.15. The van der Waals surface area contributed by atoms with Crippen molar-refractivity contribution in [3.63, 3.8) is 0 Å². The first-order chi connectivity index (χ1) is 8.46. The lowest BCUT2D eigenvalue weighted by atomic mass is 10.2. The van der Waals surface area contributed by atoms with Gasteiger partial charge < -0.3 is 11.1 Å². The highest BCUT2D eigenvalue weighted by Crippen LogP contribution is 2.36. The fourth-order valence-electron chi connectivity index (χ4n) is 1.33. The highest BCUT2D eigenvalue weighted by Gasteiger charge is 2.48. The Morgan fingerprint density at radius 3 is 2.26 bits per heavy atom. The standard InChI is InChI=1S/C10H11F3N2O3S/c1-5-3-9(19(17,18)10(11,12)13)8(4-7(5)14)15-6(2)16/h3-4H,14H2,1-2H3,(H,15,16). The monoisotopic (exact) mass is 296 g/mol. The smallest absolute Gasteiger partial charge is 0.398 e. The molecule has 19 heavy (non-hydrogen) atoms. The van der Waals surface area contributed by atoms with Crippen LogP contribution in [-0.2, 0) is 14.6 Å². The van der Waals surface area contributed by atoms with E-state index in [0.717, 1.165) is 19.1 Å². The molecule has 0 atom stereocenters. The molecule has 0 bridgehead atoms. The first-order valence-corrected chi connectivity index (χ1v) is 6.44. The SMILES string of the molecule is CC(=O)Nc1cc(N)c(C)cc1S(=O)(=O)C(F)(F)F. The van der Waals surface area contributed by atoms with E-state index in [9.17, 15) is 26.4 Å². The molecule has 106 valence electrons. The maximum absolute atomic E-state index is 12.5. The minimum atomic E-state index is -5.56. The summed E-state index contributed by atoms with van der Waals surface area (Å²) in [6.07, 6.45) is 0. The van der Waals surface area contributed by atoms with Gasteiger partial charge in [-0.2, -0.15) is 13.2 Å². The molecule has 3 N–H and O–H groups in total.